The van der Waals surface area contributed by atoms with Gasteiger partial charge in [0.15, 0.2) is 0 Å². The average Bonchev–Trinajstić information content (AvgIpc) is 2.93. The van der Waals surface area contributed by atoms with Gasteiger partial charge in [0.2, 0.25) is 0 Å². The van der Waals surface area contributed by atoms with Crippen molar-refractivity contribution in [2.45, 2.75) is 6.54 Å². The lowest BCUT2D eigenvalue weighted by Crippen LogP contribution is -2.06. The predicted octanol–water partition coefficient (Wildman–Crippen LogP) is 4.35. The predicted molar refractivity (Wildman–Crippen MR) is 91.2 cm³/mol. The van der Waals surface area contributed by atoms with Crippen LogP contribution in [0, 0.1) is 0 Å². The van der Waals surface area contributed by atoms with Crippen molar-refractivity contribution >= 4 is 27.3 Å². The molecule has 0 aliphatic rings. The summed E-state index contributed by atoms with van der Waals surface area (Å²) in [7, 11) is 1.94. The molecule has 0 atom stereocenters. The molecule has 5 heteroatoms. The minimum atomic E-state index is 0.752. The van der Waals surface area contributed by atoms with Crippen molar-refractivity contribution in [3.05, 3.63) is 59.0 Å². The number of nitrogens with one attached hydrogen (secondary N) is 1. The molecule has 0 radical (unpaired) electrons. The molecule has 0 fully saturated rings. The van der Waals surface area contributed by atoms with Gasteiger partial charge in [0.05, 0.1) is 10.6 Å². The van der Waals surface area contributed by atoms with Crippen LogP contribution < -0.4 is 5.32 Å². The summed E-state index contributed by atoms with van der Waals surface area (Å²) in [6, 6.07) is 12.4. The maximum Gasteiger partial charge on any atom is 0.125 e. The Labute approximate surface area is 136 Å². The first-order valence-electron chi connectivity index (χ1n) is 6.58. The second-order valence-electron chi connectivity index (χ2n) is 4.58. The molecule has 2 heterocycles. The minimum absolute atomic E-state index is 0.752. The van der Waals surface area contributed by atoms with Gasteiger partial charge in [-0.2, -0.15) is 0 Å². The highest BCUT2D eigenvalue weighted by molar-refractivity contribution is 9.10. The number of aromatic nitrogens is 2. The number of thiazole rings is 1. The largest absolute Gasteiger partial charge is 0.314 e. The maximum absolute atomic E-state index is 4.78. The summed E-state index contributed by atoms with van der Waals surface area (Å²) in [5, 5.41) is 4.18. The van der Waals surface area contributed by atoms with Gasteiger partial charge in [0, 0.05) is 29.0 Å². The van der Waals surface area contributed by atoms with Crippen molar-refractivity contribution in [1.82, 2.24) is 15.3 Å². The lowest BCUT2D eigenvalue weighted by Gasteiger charge is -2.00. The third-order valence-electron chi connectivity index (χ3n) is 3.03. The van der Waals surface area contributed by atoms with Gasteiger partial charge in [0.25, 0.3) is 0 Å². The molecule has 1 aromatic carbocycles. The summed E-state index contributed by atoms with van der Waals surface area (Å²) in [4.78, 5) is 10.2. The van der Waals surface area contributed by atoms with Crippen LogP contribution in [0.4, 0.5) is 0 Å². The molecule has 21 heavy (non-hydrogen) atoms. The van der Waals surface area contributed by atoms with E-state index >= 15 is 0 Å². The zero-order valence-corrected chi connectivity index (χ0v) is 13.9. The summed E-state index contributed by atoms with van der Waals surface area (Å²) in [5.74, 6) is 0. The third kappa shape index (κ3) is 3.20. The molecule has 3 rings (SSSR count). The first-order valence-corrected chi connectivity index (χ1v) is 8.19. The van der Waals surface area contributed by atoms with Gasteiger partial charge in [-0.3, -0.25) is 4.98 Å². The summed E-state index contributed by atoms with van der Waals surface area (Å²) >= 11 is 5.16. The molecule has 0 saturated carbocycles. The van der Waals surface area contributed by atoms with Crippen molar-refractivity contribution in [2.24, 2.45) is 0 Å². The second kappa shape index (κ2) is 6.47. The molecule has 3 aromatic rings. The topological polar surface area (TPSA) is 37.8 Å². The van der Waals surface area contributed by atoms with E-state index in [1.54, 1.807) is 17.5 Å². The molecule has 3 nitrogen and oxygen atoms in total. The number of hydrogen-bond donors (Lipinski definition) is 1. The quantitative estimate of drug-likeness (QED) is 0.752. The smallest absolute Gasteiger partial charge is 0.125 e. The zero-order valence-electron chi connectivity index (χ0n) is 11.5. The van der Waals surface area contributed by atoms with Crippen LogP contribution in [0.5, 0.6) is 0 Å². The Morgan fingerprint density at radius 3 is 2.67 bits per heavy atom. The van der Waals surface area contributed by atoms with E-state index in [1.165, 1.54) is 10.4 Å². The van der Waals surface area contributed by atoms with E-state index in [2.05, 4.69) is 50.5 Å². The number of benzene rings is 1. The van der Waals surface area contributed by atoms with E-state index in [0.29, 0.717) is 0 Å². The molecular formula is C16H14BrN3S. The first-order chi connectivity index (χ1) is 10.3. The molecule has 0 unspecified atom stereocenters. The van der Waals surface area contributed by atoms with Gasteiger partial charge in [-0.15, -0.1) is 11.3 Å². The van der Waals surface area contributed by atoms with Crippen LogP contribution >= 0.6 is 27.3 Å². The highest BCUT2D eigenvalue weighted by Gasteiger charge is 2.14. The van der Waals surface area contributed by atoms with Crippen molar-refractivity contribution in [3.8, 4) is 21.0 Å². The Balaban J connectivity index is 2.08. The van der Waals surface area contributed by atoms with Crippen LogP contribution in [0.3, 0.4) is 0 Å². The number of pyridine rings is 1. The number of hydrogen-bond acceptors (Lipinski definition) is 4. The third-order valence-corrected chi connectivity index (χ3v) is 4.66. The summed E-state index contributed by atoms with van der Waals surface area (Å²) in [6.07, 6.45) is 3.63. The number of halogens is 1. The van der Waals surface area contributed by atoms with E-state index in [4.69, 9.17) is 4.98 Å². The van der Waals surface area contributed by atoms with Crippen LogP contribution in [-0.4, -0.2) is 17.0 Å². The van der Waals surface area contributed by atoms with Crippen molar-refractivity contribution < 1.29 is 0 Å². The standard InChI is InChI=1S/C16H14BrN3S/c1-18-10-14-15(11-5-3-2-4-6-11)21-16(20-14)12-7-13(17)9-19-8-12/h2-9,18H,10H2,1H3. The van der Waals surface area contributed by atoms with Crippen LogP contribution in [0.2, 0.25) is 0 Å². The fourth-order valence-corrected chi connectivity index (χ4v) is 3.54. The van der Waals surface area contributed by atoms with Gasteiger partial charge in [-0.25, -0.2) is 4.98 Å². The van der Waals surface area contributed by atoms with Crippen molar-refractivity contribution in [3.63, 3.8) is 0 Å². The van der Waals surface area contributed by atoms with Crippen LogP contribution in [0.15, 0.2) is 53.3 Å². The molecule has 0 aliphatic heterocycles. The monoisotopic (exact) mass is 359 g/mol. The number of rotatable bonds is 4. The van der Waals surface area contributed by atoms with Gasteiger partial charge >= 0.3 is 0 Å². The highest BCUT2D eigenvalue weighted by atomic mass is 79.9. The molecule has 106 valence electrons. The van der Waals surface area contributed by atoms with Crippen LogP contribution in [-0.2, 0) is 6.54 Å². The van der Waals surface area contributed by atoms with Crippen LogP contribution in [0.1, 0.15) is 5.69 Å². The normalized spacial score (nSPS) is 10.8. The molecule has 1 N–H and O–H groups in total. The van der Waals surface area contributed by atoms with Gasteiger partial charge < -0.3 is 5.32 Å². The van der Waals surface area contributed by atoms with E-state index in [0.717, 1.165) is 27.3 Å². The summed E-state index contributed by atoms with van der Waals surface area (Å²) in [5.41, 5.74) is 3.31. The SMILES string of the molecule is CNCc1nc(-c2cncc(Br)c2)sc1-c1ccccc1. The second-order valence-corrected chi connectivity index (χ2v) is 6.50. The molecule has 0 spiro atoms. The van der Waals surface area contributed by atoms with E-state index in [1.807, 2.05) is 25.4 Å². The fraction of sp³-hybridized carbons (Fsp3) is 0.125. The molecule has 0 amide bonds. The Hall–Kier alpha value is -1.56. The van der Waals surface area contributed by atoms with Gasteiger partial charge in [0.1, 0.15) is 5.01 Å². The Morgan fingerprint density at radius 2 is 1.95 bits per heavy atom. The Morgan fingerprint density at radius 1 is 1.14 bits per heavy atom. The fourth-order valence-electron chi connectivity index (χ4n) is 2.11. The minimum Gasteiger partial charge on any atom is -0.314 e. The van der Waals surface area contributed by atoms with Gasteiger partial charge in [-0.1, -0.05) is 30.3 Å². The molecular weight excluding hydrogens is 346 g/mol. The first kappa shape index (κ1) is 14.4. The molecule has 0 aliphatic carbocycles. The van der Waals surface area contributed by atoms with Crippen molar-refractivity contribution in [1.29, 1.82) is 0 Å². The average molecular weight is 360 g/mol. The molecule has 2 aromatic heterocycles. The maximum atomic E-state index is 4.78. The summed E-state index contributed by atoms with van der Waals surface area (Å²) < 4.78 is 0.964. The van der Waals surface area contributed by atoms with Gasteiger partial charge in [-0.05, 0) is 34.6 Å². The Kier molecular flexibility index (Phi) is 4.43. The lowest BCUT2D eigenvalue weighted by atomic mass is 10.1. The van der Waals surface area contributed by atoms with Crippen molar-refractivity contribution in [2.75, 3.05) is 7.05 Å². The van der Waals surface area contributed by atoms with E-state index in [-0.39, 0.29) is 0 Å². The van der Waals surface area contributed by atoms with E-state index < -0.39 is 0 Å². The zero-order chi connectivity index (χ0) is 14.7. The summed E-state index contributed by atoms with van der Waals surface area (Å²) in [6.45, 7) is 0.752. The van der Waals surface area contributed by atoms with Crippen LogP contribution in [0.25, 0.3) is 21.0 Å². The Bertz CT molecular complexity index is 740. The lowest BCUT2D eigenvalue weighted by molar-refractivity contribution is 0.799. The molecule has 0 bridgehead atoms. The number of nitrogens with zero attached hydrogens (tertiary/aromatic N) is 2. The highest BCUT2D eigenvalue weighted by Crippen LogP contribution is 2.35. The van der Waals surface area contributed by atoms with E-state index in [9.17, 15) is 0 Å². The molecule has 0 saturated heterocycles.